The van der Waals surface area contributed by atoms with Gasteiger partial charge in [0, 0.05) is 29.0 Å². The number of nitrogens with zero attached hydrogens (tertiary/aromatic N) is 1. The van der Waals surface area contributed by atoms with E-state index in [1.54, 1.807) is 6.20 Å². The van der Waals surface area contributed by atoms with E-state index in [9.17, 15) is 0 Å². The Labute approximate surface area is 150 Å². The zero-order chi connectivity index (χ0) is 15.4. The fraction of sp³-hybridized carbons (Fsp3) is 0.167. The van der Waals surface area contributed by atoms with Gasteiger partial charge in [-0.05, 0) is 48.4 Å². The predicted molar refractivity (Wildman–Crippen MR) is 91.4 cm³/mol. The van der Waals surface area contributed by atoms with E-state index >= 15 is 0 Å². The summed E-state index contributed by atoms with van der Waals surface area (Å²) in [5, 5.41) is 3.36. The largest absolute Gasteiger partial charge is 1.00 e. The topological polar surface area (TPSA) is 38.1 Å². The summed E-state index contributed by atoms with van der Waals surface area (Å²) in [5.74, 6) is 1.83. The normalized spacial score (nSPS) is 10.3. The molecule has 0 saturated carbocycles. The first-order valence-electron chi connectivity index (χ1n) is 7.17. The van der Waals surface area contributed by atoms with Crippen LogP contribution in [0.4, 0.5) is 0 Å². The molecule has 2 heterocycles. The van der Waals surface area contributed by atoms with Gasteiger partial charge in [-0.1, -0.05) is 28.1 Å². The number of halogens is 2. The minimum absolute atomic E-state index is 0. The van der Waals surface area contributed by atoms with Crippen molar-refractivity contribution in [2.45, 2.75) is 20.0 Å². The van der Waals surface area contributed by atoms with Crippen LogP contribution >= 0.6 is 15.9 Å². The Morgan fingerprint density at radius 2 is 2.00 bits per heavy atom. The summed E-state index contributed by atoms with van der Waals surface area (Å²) in [4.78, 5) is 4.10. The monoisotopic (exact) mass is 391 g/mol. The van der Waals surface area contributed by atoms with E-state index in [2.05, 4.69) is 51.4 Å². The van der Waals surface area contributed by atoms with E-state index < -0.39 is 0 Å². The lowest BCUT2D eigenvalue weighted by Crippen LogP contribution is -3.00. The first-order chi connectivity index (χ1) is 10.7. The van der Waals surface area contributed by atoms with Crippen LogP contribution in [-0.2, 0) is 13.1 Å². The molecule has 3 rings (SSSR count). The Hall–Kier alpha value is -1.62. The van der Waals surface area contributed by atoms with Gasteiger partial charge in [0.15, 0.2) is 0 Å². The highest BCUT2D eigenvalue weighted by atomic mass is 79.9. The summed E-state index contributed by atoms with van der Waals surface area (Å²) < 4.78 is 7.02. The van der Waals surface area contributed by atoms with E-state index in [-0.39, 0.29) is 12.4 Å². The maximum absolute atomic E-state index is 5.91. The molecule has 0 bridgehead atoms. The lowest BCUT2D eigenvalue weighted by Gasteiger charge is -2.03. The van der Waals surface area contributed by atoms with Crippen LogP contribution in [-0.4, -0.2) is 4.98 Å². The van der Waals surface area contributed by atoms with Crippen molar-refractivity contribution in [1.29, 1.82) is 0 Å². The number of aryl methyl sites for hydroxylation is 1. The predicted octanol–water partition coefficient (Wildman–Crippen LogP) is 1.71. The van der Waals surface area contributed by atoms with Crippen molar-refractivity contribution in [3.8, 4) is 11.3 Å². The number of benzene rings is 1. The van der Waals surface area contributed by atoms with E-state index in [4.69, 9.17) is 4.42 Å². The summed E-state index contributed by atoms with van der Waals surface area (Å²) in [5.41, 5.74) is 3.46. The minimum atomic E-state index is 0. The van der Waals surface area contributed by atoms with E-state index in [0.717, 1.165) is 33.7 Å². The molecule has 120 valence electrons. The number of hydrogen-bond acceptors (Lipinski definition) is 3. The first-order valence-corrected chi connectivity index (χ1v) is 7.96. The van der Waals surface area contributed by atoms with Crippen molar-refractivity contribution in [3.63, 3.8) is 0 Å². The van der Waals surface area contributed by atoms with Crippen LogP contribution in [0.3, 0.4) is 0 Å². The van der Waals surface area contributed by atoms with Gasteiger partial charge in [-0.3, -0.25) is 4.98 Å². The Kier molecular flexibility index (Phi) is 6.39. The van der Waals surface area contributed by atoms with Gasteiger partial charge in [0.2, 0.25) is 0 Å². The summed E-state index contributed by atoms with van der Waals surface area (Å²) in [6.45, 7) is 3.55. The molecular weight excluding hydrogens is 376 g/mol. The second-order valence-electron chi connectivity index (χ2n) is 5.19. The Bertz CT molecular complexity index is 759. The van der Waals surface area contributed by atoms with E-state index in [0.29, 0.717) is 6.54 Å². The van der Waals surface area contributed by atoms with Crippen LogP contribution in [0.15, 0.2) is 63.7 Å². The van der Waals surface area contributed by atoms with Crippen LogP contribution in [0.1, 0.15) is 16.9 Å². The Morgan fingerprint density at radius 1 is 1.13 bits per heavy atom. The van der Waals surface area contributed by atoms with Crippen LogP contribution in [0, 0.1) is 6.92 Å². The standard InChI is InChI=1S/C18H17BrN2O.ClH/c1-13-9-15(4-6-17(13)19)18-7-5-16(22-18)12-21-11-14-3-2-8-20-10-14;/h2-10,21H,11-12H2,1H3;1H/p-1. The molecule has 0 fully saturated rings. The first kappa shape index (κ1) is 17.7. The van der Waals surface area contributed by atoms with Crippen molar-refractivity contribution >= 4 is 15.9 Å². The van der Waals surface area contributed by atoms with Gasteiger partial charge >= 0.3 is 0 Å². The Morgan fingerprint density at radius 3 is 2.74 bits per heavy atom. The van der Waals surface area contributed by atoms with Gasteiger partial charge in [-0.25, -0.2) is 0 Å². The zero-order valence-electron chi connectivity index (χ0n) is 12.7. The van der Waals surface area contributed by atoms with Gasteiger partial charge < -0.3 is 22.1 Å². The second-order valence-corrected chi connectivity index (χ2v) is 6.05. The third-order valence-corrected chi connectivity index (χ3v) is 4.35. The lowest BCUT2D eigenvalue weighted by atomic mass is 10.1. The molecule has 0 unspecified atom stereocenters. The molecule has 0 saturated heterocycles. The molecule has 0 atom stereocenters. The average Bonchev–Trinajstić information content (AvgIpc) is 3.00. The zero-order valence-corrected chi connectivity index (χ0v) is 15.1. The molecule has 0 spiro atoms. The van der Waals surface area contributed by atoms with Gasteiger partial charge in [-0.2, -0.15) is 0 Å². The highest BCUT2D eigenvalue weighted by Crippen LogP contribution is 2.26. The molecule has 3 nitrogen and oxygen atoms in total. The summed E-state index contributed by atoms with van der Waals surface area (Å²) >= 11 is 3.52. The molecule has 3 aromatic rings. The SMILES string of the molecule is Cc1cc(-c2ccc(CNCc3cccnc3)o2)ccc1Br.[Cl-]. The quantitative estimate of drug-likeness (QED) is 0.718. The second kappa shape index (κ2) is 8.29. The Balaban J connectivity index is 0.00000192. The maximum atomic E-state index is 5.91. The third kappa shape index (κ3) is 4.67. The fourth-order valence-electron chi connectivity index (χ4n) is 2.26. The number of rotatable bonds is 5. The average molecular weight is 393 g/mol. The molecule has 1 N–H and O–H groups in total. The maximum Gasteiger partial charge on any atom is 0.134 e. The molecule has 0 aliphatic rings. The third-order valence-electron chi connectivity index (χ3n) is 3.46. The van der Waals surface area contributed by atoms with E-state index in [1.807, 2.05) is 30.5 Å². The van der Waals surface area contributed by atoms with E-state index in [1.165, 1.54) is 5.56 Å². The highest BCUT2D eigenvalue weighted by molar-refractivity contribution is 9.10. The number of hydrogen-bond donors (Lipinski definition) is 1. The highest BCUT2D eigenvalue weighted by Gasteiger charge is 2.06. The van der Waals surface area contributed by atoms with Crippen LogP contribution in [0.2, 0.25) is 0 Å². The molecule has 0 aliphatic heterocycles. The van der Waals surface area contributed by atoms with Crippen LogP contribution in [0.25, 0.3) is 11.3 Å². The van der Waals surface area contributed by atoms with Crippen LogP contribution < -0.4 is 17.7 Å². The molecule has 2 aromatic heterocycles. The number of pyridine rings is 1. The number of furan rings is 1. The molecule has 0 radical (unpaired) electrons. The van der Waals surface area contributed by atoms with Gasteiger partial charge in [0.25, 0.3) is 0 Å². The smallest absolute Gasteiger partial charge is 0.134 e. The van der Waals surface area contributed by atoms with Crippen molar-refractivity contribution in [1.82, 2.24) is 10.3 Å². The van der Waals surface area contributed by atoms with Crippen molar-refractivity contribution < 1.29 is 16.8 Å². The van der Waals surface area contributed by atoms with Crippen molar-refractivity contribution in [3.05, 3.63) is 76.2 Å². The fourth-order valence-corrected chi connectivity index (χ4v) is 2.51. The molecule has 23 heavy (non-hydrogen) atoms. The van der Waals surface area contributed by atoms with Crippen molar-refractivity contribution in [2.24, 2.45) is 0 Å². The lowest BCUT2D eigenvalue weighted by molar-refractivity contribution is -0.00000501. The summed E-state index contributed by atoms with van der Waals surface area (Å²) in [6, 6.07) is 14.3. The molecule has 0 amide bonds. The van der Waals surface area contributed by atoms with Crippen molar-refractivity contribution in [2.75, 3.05) is 0 Å². The number of aromatic nitrogens is 1. The van der Waals surface area contributed by atoms with Gasteiger partial charge in [0.1, 0.15) is 11.5 Å². The summed E-state index contributed by atoms with van der Waals surface area (Å²) in [7, 11) is 0. The summed E-state index contributed by atoms with van der Waals surface area (Å²) in [6.07, 6.45) is 3.65. The van der Waals surface area contributed by atoms with Crippen LogP contribution in [0.5, 0.6) is 0 Å². The van der Waals surface area contributed by atoms with Gasteiger partial charge in [-0.15, -0.1) is 0 Å². The molecule has 0 aliphatic carbocycles. The molecular formula is C18H17BrClN2O-. The molecule has 1 aromatic carbocycles. The number of nitrogens with one attached hydrogen (secondary N) is 1. The molecule has 5 heteroatoms. The van der Waals surface area contributed by atoms with Gasteiger partial charge in [0.05, 0.1) is 6.54 Å². The minimum Gasteiger partial charge on any atom is -1.00 e.